The number of halogens is 1. The third-order valence-corrected chi connectivity index (χ3v) is 5.47. The van der Waals surface area contributed by atoms with Gasteiger partial charge in [0.15, 0.2) is 0 Å². The normalized spacial score (nSPS) is 22.5. The zero-order valence-corrected chi connectivity index (χ0v) is 12.7. The number of nitrogens with zero attached hydrogens (tertiary/aromatic N) is 1. The lowest BCUT2D eigenvalue weighted by Crippen LogP contribution is -2.31. The van der Waals surface area contributed by atoms with Gasteiger partial charge in [0.25, 0.3) is 5.56 Å². The SMILES string of the molecule is CC12CCCc3c(O)c(Br)c(=O)n(c31)-c1ccccc12. The summed E-state index contributed by atoms with van der Waals surface area (Å²) in [7, 11) is 0. The number of rotatable bonds is 0. The Labute approximate surface area is 125 Å². The molecule has 3 nitrogen and oxygen atoms in total. The number of para-hydroxylation sites is 1. The van der Waals surface area contributed by atoms with Gasteiger partial charge in [0, 0.05) is 16.7 Å². The summed E-state index contributed by atoms with van der Waals surface area (Å²) in [6.07, 6.45) is 2.86. The summed E-state index contributed by atoms with van der Waals surface area (Å²) in [5.41, 5.74) is 3.72. The lowest BCUT2D eigenvalue weighted by molar-refractivity contribution is 0.420. The van der Waals surface area contributed by atoms with Gasteiger partial charge in [-0.05, 0) is 53.7 Å². The average molecular weight is 332 g/mol. The van der Waals surface area contributed by atoms with Gasteiger partial charge < -0.3 is 5.11 Å². The molecule has 0 spiro atoms. The van der Waals surface area contributed by atoms with Gasteiger partial charge in [-0.25, -0.2) is 0 Å². The van der Waals surface area contributed by atoms with Gasteiger partial charge in [-0.2, -0.15) is 0 Å². The molecule has 0 amide bonds. The Balaban J connectivity index is 2.26. The standard InChI is InChI=1S/C16H14BrNO2/c1-16-8-4-5-9-13(19)12(17)15(20)18(14(9)16)11-7-3-2-6-10(11)16/h2-3,6-7,19H,4-5,8H2,1H3. The van der Waals surface area contributed by atoms with Gasteiger partial charge in [-0.15, -0.1) is 0 Å². The molecular weight excluding hydrogens is 318 g/mol. The van der Waals surface area contributed by atoms with E-state index in [-0.39, 0.29) is 21.2 Å². The molecule has 1 aliphatic heterocycles. The molecule has 1 aromatic heterocycles. The van der Waals surface area contributed by atoms with Crippen molar-refractivity contribution in [3.8, 4) is 11.4 Å². The molecule has 0 fully saturated rings. The Morgan fingerprint density at radius 2 is 2.10 bits per heavy atom. The highest BCUT2D eigenvalue weighted by atomic mass is 79.9. The highest BCUT2D eigenvalue weighted by Crippen LogP contribution is 2.51. The zero-order valence-electron chi connectivity index (χ0n) is 11.1. The van der Waals surface area contributed by atoms with Crippen LogP contribution in [0.5, 0.6) is 5.75 Å². The van der Waals surface area contributed by atoms with E-state index in [2.05, 4.69) is 28.9 Å². The molecule has 0 saturated heterocycles. The van der Waals surface area contributed by atoms with E-state index in [9.17, 15) is 9.90 Å². The van der Waals surface area contributed by atoms with Crippen molar-refractivity contribution in [1.29, 1.82) is 0 Å². The van der Waals surface area contributed by atoms with E-state index >= 15 is 0 Å². The van der Waals surface area contributed by atoms with Crippen molar-refractivity contribution in [2.24, 2.45) is 0 Å². The molecule has 2 aromatic rings. The van der Waals surface area contributed by atoms with Gasteiger partial charge in [-0.1, -0.05) is 18.2 Å². The monoisotopic (exact) mass is 331 g/mol. The zero-order chi connectivity index (χ0) is 14.1. The Hall–Kier alpha value is -1.55. The summed E-state index contributed by atoms with van der Waals surface area (Å²) in [5, 5.41) is 10.3. The van der Waals surface area contributed by atoms with Crippen LogP contribution < -0.4 is 5.56 Å². The summed E-state index contributed by atoms with van der Waals surface area (Å²) in [4.78, 5) is 12.6. The van der Waals surface area contributed by atoms with E-state index in [1.54, 1.807) is 4.57 Å². The molecule has 2 aliphatic rings. The summed E-state index contributed by atoms with van der Waals surface area (Å²) in [6, 6.07) is 8.06. The minimum atomic E-state index is -0.167. The van der Waals surface area contributed by atoms with Crippen LogP contribution in [0.15, 0.2) is 33.5 Å². The highest BCUT2D eigenvalue weighted by Gasteiger charge is 2.45. The van der Waals surface area contributed by atoms with Crippen LogP contribution in [0, 0.1) is 0 Å². The third-order valence-electron chi connectivity index (χ3n) is 4.76. The minimum absolute atomic E-state index is 0.125. The second-order valence-electron chi connectivity index (χ2n) is 5.83. The van der Waals surface area contributed by atoms with Gasteiger partial charge >= 0.3 is 0 Å². The molecule has 4 rings (SSSR count). The van der Waals surface area contributed by atoms with E-state index in [4.69, 9.17) is 0 Å². The summed E-state index contributed by atoms with van der Waals surface area (Å²) in [6.45, 7) is 2.18. The topological polar surface area (TPSA) is 42.2 Å². The predicted molar refractivity (Wildman–Crippen MR) is 80.8 cm³/mol. The highest BCUT2D eigenvalue weighted by molar-refractivity contribution is 9.10. The molecule has 0 radical (unpaired) electrons. The van der Waals surface area contributed by atoms with Gasteiger partial charge in [-0.3, -0.25) is 9.36 Å². The van der Waals surface area contributed by atoms with Crippen LogP contribution >= 0.6 is 15.9 Å². The van der Waals surface area contributed by atoms with Crippen molar-refractivity contribution in [1.82, 2.24) is 4.57 Å². The Morgan fingerprint density at radius 3 is 2.90 bits per heavy atom. The number of fused-ring (bicyclic) bond motifs is 3. The van der Waals surface area contributed by atoms with E-state index in [0.29, 0.717) is 0 Å². The summed E-state index contributed by atoms with van der Waals surface area (Å²) >= 11 is 3.25. The predicted octanol–water partition coefficient (Wildman–Crippen LogP) is 3.26. The van der Waals surface area contributed by atoms with Crippen molar-refractivity contribution >= 4 is 15.9 Å². The van der Waals surface area contributed by atoms with E-state index in [0.717, 1.165) is 36.2 Å². The van der Waals surface area contributed by atoms with Crippen LogP contribution in [-0.2, 0) is 11.8 Å². The molecule has 1 atom stereocenters. The molecule has 2 heterocycles. The Bertz CT molecular complexity index is 809. The fourth-order valence-corrected chi connectivity index (χ4v) is 4.28. The van der Waals surface area contributed by atoms with Crippen molar-refractivity contribution in [2.75, 3.05) is 0 Å². The summed E-state index contributed by atoms with van der Waals surface area (Å²) < 4.78 is 2.06. The molecule has 0 bridgehead atoms. The van der Waals surface area contributed by atoms with Crippen LogP contribution in [0.2, 0.25) is 0 Å². The molecule has 102 valence electrons. The fraction of sp³-hybridized carbons (Fsp3) is 0.312. The number of hydrogen-bond donors (Lipinski definition) is 1. The van der Waals surface area contributed by atoms with Crippen LogP contribution in [0.1, 0.15) is 36.6 Å². The largest absolute Gasteiger partial charge is 0.506 e. The van der Waals surface area contributed by atoms with Gasteiger partial charge in [0.1, 0.15) is 10.2 Å². The van der Waals surface area contributed by atoms with Crippen LogP contribution in [0.25, 0.3) is 5.69 Å². The van der Waals surface area contributed by atoms with Crippen LogP contribution in [0.3, 0.4) is 0 Å². The van der Waals surface area contributed by atoms with Crippen molar-refractivity contribution in [3.05, 3.63) is 55.9 Å². The number of pyridine rings is 1. The second-order valence-corrected chi connectivity index (χ2v) is 6.63. The van der Waals surface area contributed by atoms with Gasteiger partial charge in [0.05, 0.1) is 5.69 Å². The average Bonchev–Trinajstić information content (AvgIpc) is 2.73. The van der Waals surface area contributed by atoms with Crippen LogP contribution in [0.4, 0.5) is 0 Å². The number of hydrogen-bond acceptors (Lipinski definition) is 2. The Kier molecular flexibility index (Phi) is 2.29. The fourth-order valence-electron chi connectivity index (χ4n) is 3.86. The molecule has 20 heavy (non-hydrogen) atoms. The molecule has 4 heteroatoms. The van der Waals surface area contributed by atoms with Crippen molar-refractivity contribution in [3.63, 3.8) is 0 Å². The summed E-state index contributed by atoms with van der Waals surface area (Å²) in [5.74, 6) is 0.125. The van der Waals surface area contributed by atoms with E-state index in [1.165, 1.54) is 5.56 Å². The lowest BCUT2D eigenvalue weighted by atomic mass is 9.71. The van der Waals surface area contributed by atoms with Gasteiger partial charge in [0.2, 0.25) is 0 Å². The van der Waals surface area contributed by atoms with E-state index < -0.39 is 0 Å². The minimum Gasteiger partial charge on any atom is -0.506 e. The van der Waals surface area contributed by atoms with Crippen molar-refractivity contribution in [2.45, 2.75) is 31.6 Å². The maximum atomic E-state index is 12.6. The maximum Gasteiger partial charge on any atom is 0.273 e. The lowest BCUT2D eigenvalue weighted by Gasteiger charge is -2.32. The molecule has 1 aromatic carbocycles. The molecule has 1 N–H and O–H groups in total. The van der Waals surface area contributed by atoms with Crippen LogP contribution in [-0.4, -0.2) is 9.67 Å². The second kappa shape index (κ2) is 3.76. The number of benzene rings is 1. The Morgan fingerprint density at radius 1 is 1.35 bits per heavy atom. The number of aromatic hydroxyl groups is 1. The first-order valence-electron chi connectivity index (χ1n) is 6.82. The van der Waals surface area contributed by atoms with Crippen molar-refractivity contribution < 1.29 is 5.11 Å². The first kappa shape index (κ1) is 12.2. The molecule has 1 unspecified atom stereocenters. The molecular formula is C16H14BrNO2. The third kappa shape index (κ3) is 1.23. The first-order valence-corrected chi connectivity index (χ1v) is 7.61. The smallest absolute Gasteiger partial charge is 0.273 e. The molecule has 1 aliphatic carbocycles. The maximum absolute atomic E-state index is 12.6. The number of aromatic nitrogens is 1. The van der Waals surface area contributed by atoms with E-state index in [1.807, 2.05) is 18.2 Å². The first-order chi connectivity index (χ1) is 9.55. The quantitative estimate of drug-likeness (QED) is 0.805. The molecule has 0 saturated carbocycles.